The zero-order chi connectivity index (χ0) is 37.1. The maximum Gasteiger partial charge on any atom is 0.500 e. The van der Waals surface area contributed by atoms with E-state index in [4.69, 9.17) is 54.4 Å². The van der Waals surface area contributed by atoms with Crippen LogP contribution in [-0.4, -0.2) is 160 Å². The van der Waals surface area contributed by atoms with Crippen molar-refractivity contribution in [2.75, 3.05) is 120 Å². The quantitative estimate of drug-likeness (QED) is 0.0580. The molecule has 50 heavy (non-hydrogen) atoms. The van der Waals surface area contributed by atoms with Crippen LogP contribution in [-0.2, 0) is 54.4 Å². The number of rotatable bonds is 34. The highest BCUT2D eigenvalue weighted by molar-refractivity contribution is 6.60. The van der Waals surface area contributed by atoms with Gasteiger partial charge >= 0.3 is 17.6 Å². The van der Waals surface area contributed by atoms with E-state index in [0.29, 0.717) is 13.2 Å². The molecule has 294 valence electrons. The van der Waals surface area contributed by atoms with E-state index in [-0.39, 0.29) is 12.6 Å². The number of hydrogen-bond donors (Lipinski definition) is 0. The molecule has 1 aromatic rings. The summed E-state index contributed by atoms with van der Waals surface area (Å²) in [5.74, 6) is 0. The van der Waals surface area contributed by atoms with Gasteiger partial charge in [-0.15, -0.1) is 0 Å². The third-order valence-corrected chi connectivity index (χ3v) is 17.1. The summed E-state index contributed by atoms with van der Waals surface area (Å²) in [5.41, 5.74) is 2.37. The first-order chi connectivity index (χ1) is 24.3. The Hall–Kier alpha value is -0.792. The molecular weight excluding hydrogens is 717 g/mol. The predicted molar refractivity (Wildman–Crippen MR) is 207 cm³/mol. The topological polar surface area (TPSA) is 117 Å². The van der Waals surface area contributed by atoms with Crippen LogP contribution in [0, 0.1) is 0 Å². The Kier molecular flexibility index (Phi) is 27.1. The third-order valence-electron chi connectivity index (χ3n) is 8.76. The van der Waals surface area contributed by atoms with Crippen LogP contribution in [0.2, 0.25) is 24.2 Å². The average molecular weight is 785 g/mol. The lowest BCUT2D eigenvalue weighted by molar-refractivity contribution is -0.122. The van der Waals surface area contributed by atoms with E-state index in [2.05, 4.69) is 34.1 Å². The smallest absolute Gasteiger partial charge is 0.419 e. The molecule has 0 aliphatic rings. The molecule has 0 N–H and O–H groups in total. The van der Waals surface area contributed by atoms with Gasteiger partial charge in [0.25, 0.3) is 0 Å². The molecule has 0 aliphatic heterocycles. The summed E-state index contributed by atoms with van der Waals surface area (Å²) in [6, 6.07) is 12.5. The van der Waals surface area contributed by atoms with E-state index in [1.807, 2.05) is 0 Å². The first-order valence-electron chi connectivity index (χ1n) is 17.5. The number of methoxy groups -OCH3 is 4. The monoisotopic (exact) mass is 784 g/mol. The summed E-state index contributed by atoms with van der Waals surface area (Å²) in [6.45, 7) is 4.52. The van der Waals surface area contributed by atoms with Crippen LogP contribution in [0.5, 0.6) is 0 Å². The largest absolute Gasteiger partial charge is 0.500 e. The van der Waals surface area contributed by atoms with Crippen molar-refractivity contribution in [3.05, 3.63) is 24.3 Å². The van der Waals surface area contributed by atoms with E-state index < -0.39 is 37.1 Å². The van der Waals surface area contributed by atoms with E-state index in [0.717, 1.165) is 76.0 Å². The molecule has 0 aromatic heterocycles. The maximum atomic E-state index is 5.91. The average Bonchev–Trinajstić information content (AvgIpc) is 3.16. The highest BCUT2D eigenvalue weighted by Crippen LogP contribution is 2.25. The van der Waals surface area contributed by atoms with Crippen molar-refractivity contribution in [1.29, 1.82) is 0 Å². The molecule has 0 amide bonds. The standard InChI is InChI=1S/C32H68N2O12Si4/c1-35-31(36-2)27-45-47-23-11-19-33(21-13-25-49(39-5,40-6)41-7)29-15-17-30(18-16-29)34(22-14-26-50(42-8,43-9)44-10)20-12-24-48-46-28-32(37-3)38-4/h15-18,31-32H,11-14,19-28,47-48H2,1-10H3. The molecule has 0 radical (unpaired) electrons. The minimum Gasteiger partial charge on any atom is -0.419 e. The van der Waals surface area contributed by atoms with Crippen LogP contribution in [0.25, 0.3) is 0 Å². The Morgan fingerprint density at radius 2 is 0.780 bits per heavy atom. The second kappa shape index (κ2) is 28.7. The number of hydrogen-bond acceptors (Lipinski definition) is 14. The van der Waals surface area contributed by atoms with Crippen LogP contribution >= 0.6 is 0 Å². The van der Waals surface area contributed by atoms with E-state index in [9.17, 15) is 0 Å². The first-order valence-corrected chi connectivity index (χ1v) is 24.5. The fourth-order valence-electron chi connectivity index (χ4n) is 5.54. The van der Waals surface area contributed by atoms with E-state index >= 15 is 0 Å². The Morgan fingerprint density at radius 3 is 1.06 bits per heavy atom. The van der Waals surface area contributed by atoms with E-state index in [1.165, 1.54) is 11.4 Å². The van der Waals surface area contributed by atoms with Crippen LogP contribution in [0.3, 0.4) is 0 Å². The Bertz CT molecular complexity index is 841. The van der Waals surface area contributed by atoms with Crippen molar-refractivity contribution in [3.63, 3.8) is 0 Å². The highest BCUT2D eigenvalue weighted by atomic mass is 28.4. The molecule has 0 fully saturated rings. The molecule has 14 nitrogen and oxygen atoms in total. The Morgan fingerprint density at radius 1 is 0.480 bits per heavy atom. The first kappa shape index (κ1) is 47.2. The molecule has 0 aliphatic carbocycles. The SMILES string of the molecule is COC(CO[SiH2]CCCN(CCC[Si](OC)(OC)OC)c1ccc(N(CCC[SiH2]OCC(OC)OC)CCC[Si](OC)(OC)OC)cc1)OC. The molecule has 0 unspecified atom stereocenters. The van der Waals surface area contributed by atoms with Gasteiger partial charge in [0.05, 0.1) is 13.2 Å². The lowest BCUT2D eigenvalue weighted by Crippen LogP contribution is -2.43. The lowest BCUT2D eigenvalue weighted by atomic mass is 10.2. The maximum absolute atomic E-state index is 5.91. The molecule has 0 bridgehead atoms. The van der Waals surface area contributed by atoms with Gasteiger partial charge in [-0.1, -0.05) is 0 Å². The van der Waals surface area contributed by atoms with Gasteiger partial charge in [0.15, 0.2) is 32.1 Å². The molecule has 0 saturated carbocycles. The zero-order valence-electron chi connectivity index (χ0n) is 32.6. The predicted octanol–water partition coefficient (Wildman–Crippen LogP) is 2.89. The lowest BCUT2D eigenvalue weighted by Gasteiger charge is -2.30. The number of nitrogens with zero attached hydrogens (tertiary/aromatic N) is 2. The van der Waals surface area contributed by atoms with Gasteiger partial charge in [-0.2, -0.15) is 0 Å². The van der Waals surface area contributed by atoms with Gasteiger partial charge in [-0.05, 0) is 62.0 Å². The van der Waals surface area contributed by atoms with Crippen molar-refractivity contribution >= 4 is 48.5 Å². The van der Waals surface area contributed by atoms with Gasteiger partial charge < -0.3 is 64.2 Å². The summed E-state index contributed by atoms with van der Waals surface area (Å²) in [4.78, 5) is 4.89. The van der Waals surface area contributed by atoms with Crippen molar-refractivity contribution in [2.24, 2.45) is 0 Å². The van der Waals surface area contributed by atoms with Gasteiger partial charge in [0.2, 0.25) is 0 Å². The van der Waals surface area contributed by atoms with Crippen LogP contribution in [0.4, 0.5) is 11.4 Å². The Labute approximate surface area is 309 Å². The molecule has 0 atom stereocenters. The molecule has 0 spiro atoms. The van der Waals surface area contributed by atoms with Gasteiger partial charge in [0.1, 0.15) is 0 Å². The third kappa shape index (κ3) is 17.8. The molecule has 18 heteroatoms. The van der Waals surface area contributed by atoms with Gasteiger partial charge in [-0.25, -0.2) is 0 Å². The molecule has 1 aromatic carbocycles. The van der Waals surface area contributed by atoms with E-state index in [1.54, 1.807) is 71.1 Å². The summed E-state index contributed by atoms with van der Waals surface area (Å²) < 4.78 is 66.9. The van der Waals surface area contributed by atoms with Gasteiger partial charge in [-0.3, -0.25) is 0 Å². The summed E-state index contributed by atoms with van der Waals surface area (Å²) in [6.07, 6.45) is 3.23. The second-order valence-corrected chi connectivity index (χ2v) is 20.9. The molecular formula is C32H68N2O12Si4. The number of ether oxygens (including phenoxy) is 4. The number of anilines is 2. The van der Waals surface area contributed by atoms with Crippen molar-refractivity contribution in [2.45, 2.75) is 62.4 Å². The molecule has 0 saturated heterocycles. The summed E-state index contributed by atoms with van der Waals surface area (Å²) in [5, 5.41) is 0. The van der Waals surface area contributed by atoms with Crippen molar-refractivity contribution in [3.8, 4) is 0 Å². The second-order valence-electron chi connectivity index (χ2n) is 11.7. The van der Waals surface area contributed by atoms with Crippen LogP contribution in [0.15, 0.2) is 24.3 Å². The van der Waals surface area contributed by atoms with Crippen molar-refractivity contribution in [1.82, 2.24) is 0 Å². The minimum absolute atomic E-state index is 0.312. The number of benzene rings is 1. The normalized spacial score (nSPS) is 12.9. The fraction of sp³-hybridized carbons (Fsp3) is 0.812. The fourth-order valence-corrected chi connectivity index (χ4v) is 10.9. The Balaban J connectivity index is 3.01. The van der Waals surface area contributed by atoms with Crippen LogP contribution < -0.4 is 9.80 Å². The summed E-state index contributed by atoms with van der Waals surface area (Å²) >= 11 is 0. The minimum atomic E-state index is -2.66. The van der Waals surface area contributed by atoms with Gasteiger partial charge in [0, 0.05) is 121 Å². The highest BCUT2D eigenvalue weighted by Gasteiger charge is 2.38. The van der Waals surface area contributed by atoms with Crippen LogP contribution in [0.1, 0.15) is 25.7 Å². The zero-order valence-corrected chi connectivity index (χ0v) is 37.4. The van der Waals surface area contributed by atoms with Crippen molar-refractivity contribution < 1.29 is 54.4 Å². The summed E-state index contributed by atoms with van der Waals surface area (Å²) in [7, 11) is 9.85. The molecule has 0 heterocycles. The molecule has 1 rings (SSSR count).